The zero-order valence-corrected chi connectivity index (χ0v) is 16.0. The van der Waals surface area contributed by atoms with Crippen LogP contribution in [0.2, 0.25) is 0 Å². The smallest absolute Gasteiger partial charge is 0.140 e. The van der Waals surface area contributed by atoms with E-state index >= 15 is 0 Å². The lowest BCUT2D eigenvalue weighted by Gasteiger charge is -2.11. The van der Waals surface area contributed by atoms with Gasteiger partial charge in [-0.15, -0.1) is 0 Å². The molecule has 146 valence electrons. The molecule has 4 nitrogen and oxygen atoms in total. The molecule has 1 atom stereocenters. The average Bonchev–Trinajstić information content (AvgIpc) is 3.23. The van der Waals surface area contributed by atoms with E-state index in [0.717, 1.165) is 22.6 Å². The van der Waals surface area contributed by atoms with Gasteiger partial charge in [0.05, 0.1) is 11.9 Å². The summed E-state index contributed by atoms with van der Waals surface area (Å²) in [4.78, 5) is 7.48. The molecule has 0 aliphatic heterocycles. The van der Waals surface area contributed by atoms with Gasteiger partial charge in [0.2, 0.25) is 0 Å². The Labute approximate surface area is 168 Å². The van der Waals surface area contributed by atoms with E-state index in [1.54, 1.807) is 19.2 Å². The normalized spacial score (nSPS) is 12.0. The molecule has 0 saturated heterocycles. The molecule has 0 aliphatic carbocycles. The summed E-state index contributed by atoms with van der Waals surface area (Å²) in [7, 11) is 0. The number of halogens is 1. The standard InChI is InChI=1S/C24H21FN2O2/c1-16-12-19(25)10-11-21(16)23(28)24-26-14-22(27-24)18-8-5-9-20(13-18)29-15-17-6-3-2-4-7-17/h2-14,23,28H,15H2,1H3,(H,26,27). The van der Waals surface area contributed by atoms with Crippen molar-refractivity contribution in [2.45, 2.75) is 19.6 Å². The van der Waals surface area contributed by atoms with Crippen LogP contribution in [-0.4, -0.2) is 15.1 Å². The maximum absolute atomic E-state index is 13.3. The molecule has 0 radical (unpaired) electrons. The molecule has 1 heterocycles. The molecule has 0 fully saturated rings. The SMILES string of the molecule is Cc1cc(F)ccc1C(O)c1ncc(-c2cccc(OCc3ccccc3)c2)[nH]1. The summed E-state index contributed by atoms with van der Waals surface area (Å²) >= 11 is 0. The summed E-state index contributed by atoms with van der Waals surface area (Å²) in [5, 5.41) is 10.6. The third kappa shape index (κ3) is 4.36. The molecule has 5 heteroatoms. The maximum atomic E-state index is 13.3. The van der Waals surface area contributed by atoms with Gasteiger partial charge in [0.15, 0.2) is 0 Å². The highest BCUT2D eigenvalue weighted by atomic mass is 19.1. The number of imidazole rings is 1. The number of ether oxygens (including phenoxy) is 1. The van der Waals surface area contributed by atoms with Crippen molar-refractivity contribution in [3.63, 3.8) is 0 Å². The largest absolute Gasteiger partial charge is 0.489 e. The molecule has 0 bridgehead atoms. The summed E-state index contributed by atoms with van der Waals surface area (Å²) in [6.45, 7) is 2.25. The van der Waals surface area contributed by atoms with Crippen molar-refractivity contribution < 1.29 is 14.2 Å². The average molecular weight is 388 g/mol. The summed E-state index contributed by atoms with van der Waals surface area (Å²) in [6, 6.07) is 22.0. The first-order valence-electron chi connectivity index (χ1n) is 9.36. The Morgan fingerprint density at radius 1 is 1.03 bits per heavy atom. The first-order chi connectivity index (χ1) is 14.1. The monoisotopic (exact) mass is 388 g/mol. The molecule has 2 N–H and O–H groups in total. The molecule has 1 aromatic heterocycles. The Morgan fingerprint density at radius 2 is 1.86 bits per heavy atom. The first-order valence-corrected chi connectivity index (χ1v) is 9.36. The fourth-order valence-corrected chi connectivity index (χ4v) is 3.21. The van der Waals surface area contributed by atoms with Crippen LogP contribution in [-0.2, 0) is 6.61 Å². The van der Waals surface area contributed by atoms with Crippen LogP contribution in [0.25, 0.3) is 11.3 Å². The molecule has 4 aromatic rings. The minimum absolute atomic E-state index is 0.328. The Kier molecular flexibility index (Phi) is 5.40. The minimum Gasteiger partial charge on any atom is -0.489 e. The third-order valence-corrected chi connectivity index (χ3v) is 4.77. The Morgan fingerprint density at radius 3 is 2.66 bits per heavy atom. The van der Waals surface area contributed by atoms with E-state index in [2.05, 4.69) is 9.97 Å². The highest BCUT2D eigenvalue weighted by Crippen LogP contribution is 2.27. The second-order valence-electron chi connectivity index (χ2n) is 6.89. The Bertz CT molecular complexity index is 1110. The van der Waals surface area contributed by atoms with Gasteiger partial charge in [0.25, 0.3) is 0 Å². The molecule has 0 spiro atoms. The highest BCUT2D eigenvalue weighted by Gasteiger charge is 2.17. The predicted octanol–water partition coefficient (Wildman–Crippen LogP) is 5.18. The zero-order valence-electron chi connectivity index (χ0n) is 16.0. The topological polar surface area (TPSA) is 58.1 Å². The Balaban J connectivity index is 1.52. The lowest BCUT2D eigenvalue weighted by molar-refractivity contribution is 0.210. The van der Waals surface area contributed by atoms with E-state index < -0.39 is 6.10 Å². The highest BCUT2D eigenvalue weighted by molar-refractivity contribution is 5.60. The molecule has 4 rings (SSSR count). The van der Waals surface area contributed by atoms with Crippen molar-refractivity contribution >= 4 is 0 Å². The summed E-state index contributed by atoms with van der Waals surface area (Å²) in [6.07, 6.45) is 0.718. The van der Waals surface area contributed by atoms with Crippen molar-refractivity contribution in [1.82, 2.24) is 9.97 Å². The molecular weight excluding hydrogens is 367 g/mol. The molecule has 29 heavy (non-hydrogen) atoms. The quantitative estimate of drug-likeness (QED) is 0.478. The van der Waals surface area contributed by atoms with Gasteiger partial charge in [0, 0.05) is 5.56 Å². The molecule has 1 unspecified atom stereocenters. The zero-order chi connectivity index (χ0) is 20.2. The van der Waals surface area contributed by atoms with Gasteiger partial charge in [-0.2, -0.15) is 0 Å². The predicted molar refractivity (Wildman–Crippen MR) is 110 cm³/mol. The van der Waals surface area contributed by atoms with Gasteiger partial charge >= 0.3 is 0 Å². The van der Waals surface area contributed by atoms with Crippen LogP contribution in [0.5, 0.6) is 5.75 Å². The van der Waals surface area contributed by atoms with Crippen molar-refractivity contribution in [2.75, 3.05) is 0 Å². The van der Waals surface area contributed by atoms with Crippen LogP contribution in [0.15, 0.2) is 79.0 Å². The number of benzene rings is 3. The first kappa shape index (κ1) is 18.9. The van der Waals surface area contributed by atoms with Crippen LogP contribution < -0.4 is 4.74 Å². The fraction of sp³-hybridized carbons (Fsp3) is 0.125. The summed E-state index contributed by atoms with van der Waals surface area (Å²) in [5.41, 5.74) is 4.06. The van der Waals surface area contributed by atoms with Gasteiger partial charge in [-0.05, 0) is 47.9 Å². The van der Waals surface area contributed by atoms with E-state index in [4.69, 9.17) is 4.74 Å². The van der Waals surface area contributed by atoms with Crippen molar-refractivity contribution in [3.05, 3.63) is 107 Å². The summed E-state index contributed by atoms with van der Waals surface area (Å²) in [5.74, 6) is 0.827. The second-order valence-corrected chi connectivity index (χ2v) is 6.89. The number of aliphatic hydroxyl groups excluding tert-OH is 1. The van der Waals surface area contributed by atoms with Gasteiger partial charge in [0.1, 0.15) is 30.1 Å². The minimum atomic E-state index is -0.957. The van der Waals surface area contributed by atoms with E-state index in [1.807, 2.05) is 54.6 Å². The number of H-pyrrole nitrogens is 1. The molecule has 0 saturated carbocycles. The number of rotatable bonds is 6. The van der Waals surface area contributed by atoms with Crippen LogP contribution in [0.4, 0.5) is 4.39 Å². The fourth-order valence-electron chi connectivity index (χ4n) is 3.21. The van der Waals surface area contributed by atoms with Crippen LogP contribution in [0.1, 0.15) is 28.6 Å². The van der Waals surface area contributed by atoms with Crippen molar-refractivity contribution in [2.24, 2.45) is 0 Å². The van der Waals surface area contributed by atoms with E-state index in [0.29, 0.717) is 23.6 Å². The third-order valence-electron chi connectivity index (χ3n) is 4.77. The van der Waals surface area contributed by atoms with Crippen LogP contribution in [0, 0.1) is 12.7 Å². The number of aromatic amines is 1. The molecule has 0 amide bonds. The van der Waals surface area contributed by atoms with E-state index in [9.17, 15) is 9.50 Å². The van der Waals surface area contributed by atoms with Crippen LogP contribution in [0.3, 0.4) is 0 Å². The number of nitrogens with one attached hydrogen (secondary N) is 1. The van der Waals surface area contributed by atoms with Gasteiger partial charge in [-0.3, -0.25) is 0 Å². The van der Waals surface area contributed by atoms with Gasteiger partial charge < -0.3 is 14.8 Å². The Hall–Kier alpha value is -3.44. The number of hydrogen-bond acceptors (Lipinski definition) is 3. The van der Waals surface area contributed by atoms with E-state index in [-0.39, 0.29) is 5.82 Å². The number of nitrogens with zero attached hydrogens (tertiary/aromatic N) is 1. The summed E-state index contributed by atoms with van der Waals surface area (Å²) < 4.78 is 19.2. The molecule has 3 aromatic carbocycles. The molecular formula is C24H21FN2O2. The second kappa shape index (κ2) is 8.29. The van der Waals surface area contributed by atoms with E-state index in [1.165, 1.54) is 12.1 Å². The van der Waals surface area contributed by atoms with Gasteiger partial charge in [-0.1, -0.05) is 48.5 Å². The van der Waals surface area contributed by atoms with Crippen molar-refractivity contribution in [3.8, 4) is 17.0 Å². The molecule has 0 aliphatic rings. The lowest BCUT2D eigenvalue weighted by atomic mass is 10.0. The number of aromatic nitrogens is 2. The van der Waals surface area contributed by atoms with Crippen LogP contribution >= 0.6 is 0 Å². The number of aliphatic hydroxyl groups is 1. The maximum Gasteiger partial charge on any atom is 0.140 e. The van der Waals surface area contributed by atoms with Crippen molar-refractivity contribution in [1.29, 1.82) is 0 Å². The number of aryl methyl sites for hydroxylation is 1. The van der Waals surface area contributed by atoms with Gasteiger partial charge in [-0.25, -0.2) is 9.37 Å². The lowest BCUT2D eigenvalue weighted by Crippen LogP contribution is -2.04. The number of hydrogen-bond donors (Lipinski definition) is 2.